The summed E-state index contributed by atoms with van der Waals surface area (Å²) in [6.07, 6.45) is 0. The fraction of sp³-hybridized carbons (Fsp3) is 0.182. The van der Waals surface area contributed by atoms with Crippen molar-refractivity contribution in [3.63, 3.8) is 0 Å². The standard InChI is InChI=1S/C22H20N6O2S2/c1-12-13(2)28(14-4-6-15(30-3)7-5-14)20(17(12)10-23)25-18(29)11-32-22-26-19(24)16-8-9-31-21(16)27-22/h4-9H,11H2,1-3H3,(H,25,29)(H2,24,26,27). The van der Waals surface area contributed by atoms with Gasteiger partial charge in [0.1, 0.15) is 28.3 Å². The molecule has 0 spiro atoms. The maximum absolute atomic E-state index is 12.8. The molecule has 32 heavy (non-hydrogen) atoms. The molecule has 0 aliphatic heterocycles. The summed E-state index contributed by atoms with van der Waals surface area (Å²) in [5.41, 5.74) is 8.91. The van der Waals surface area contributed by atoms with E-state index in [2.05, 4.69) is 21.4 Å². The Labute approximate surface area is 193 Å². The molecule has 0 fully saturated rings. The SMILES string of the molecule is COc1ccc(-n2c(C)c(C)c(C#N)c2NC(=O)CSc2nc(N)c3ccsc3n2)cc1. The summed E-state index contributed by atoms with van der Waals surface area (Å²) in [4.78, 5) is 22.3. The molecule has 10 heteroatoms. The zero-order chi connectivity index (χ0) is 22.8. The van der Waals surface area contributed by atoms with Crippen LogP contribution >= 0.6 is 23.1 Å². The van der Waals surface area contributed by atoms with Gasteiger partial charge in [-0.1, -0.05) is 11.8 Å². The quantitative estimate of drug-likeness (QED) is 0.323. The molecule has 1 aromatic carbocycles. The lowest BCUT2D eigenvalue weighted by molar-refractivity contribution is -0.113. The first-order valence-corrected chi connectivity index (χ1v) is 11.5. The third-order valence-corrected chi connectivity index (χ3v) is 6.73. The van der Waals surface area contributed by atoms with E-state index in [1.165, 1.54) is 23.1 Å². The number of thiophene rings is 1. The Kier molecular flexibility index (Phi) is 6.03. The predicted octanol–water partition coefficient (Wildman–Crippen LogP) is 4.29. The number of carbonyl (C=O) groups excluding carboxylic acids is 1. The van der Waals surface area contributed by atoms with E-state index in [0.717, 1.165) is 32.9 Å². The third-order valence-electron chi connectivity index (χ3n) is 5.08. The van der Waals surface area contributed by atoms with E-state index in [9.17, 15) is 10.1 Å². The topological polar surface area (TPSA) is 119 Å². The van der Waals surface area contributed by atoms with Gasteiger partial charge in [-0.3, -0.25) is 9.36 Å². The molecular weight excluding hydrogens is 444 g/mol. The second-order valence-corrected chi connectivity index (χ2v) is 8.78. The van der Waals surface area contributed by atoms with Crippen molar-refractivity contribution in [1.82, 2.24) is 14.5 Å². The molecule has 0 atom stereocenters. The summed E-state index contributed by atoms with van der Waals surface area (Å²) in [5, 5.41) is 15.8. The van der Waals surface area contributed by atoms with E-state index in [1.54, 1.807) is 7.11 Å². The molecule has 0 radical (unpaired) electrons. The molecule has 1 amide bonds. The van der Waals surface area contributed by atoms with E-state index in [1.807, 2.05) is 54.1 Å². The molecule has 4 aromatic rings. The number of rotatable bonds is 6. The molecule has 3 aromatic heterocycles. The molecule has 162 valence electrons. The second-order valence-electron chi connectivity index (χ2n) is 6.95. The Morgan fingerprint density at radius 2 is 2.03 bits per heavy atom. The monoisotopic (exact) mass is 464 g/mol. The van der Waals surface area contributed by atoms with Crippen LogP contribution in [0.1, 0.15) is 16.8 Å². The number of nitriles is 1. The number of nitrogens with zero attached hydrogens (tertiary/aromatic N) is 4. The number of nitrogens with two attached hydrogens (primary N) is 1. The first-order chi connectivity index (χ1) is 15.4. The maximum Gasteiger partial charge on any atom is 0.236 e. The zero-order valence-electron chi connectivity index (χ0n) is 17.7. The van der Waals surface area contributed by atoms with Gasteiger partial charge in [0.2, 0.25) is 5.91 Å². The molecule has 0 saturated heterocycles. The van der Waals surface area contributed by atoms with Gasteiger partial charge in [0.15, 0.2) is 5.16 Å². The fourth-order valence-electron chi connectivity index (χ4n) is 3.34. The summed E-state index contributed by atoms with van der Waals surface area (Å²) in [6.45, 7) is 3.78. The zero-order valence-corrected chi connectivity index (χ0v) is 19.3. The molecule has 0 aliphatic rings. The first-order valence-electron chi connectivity index (χ1n) is 9.62. The molecule has 0 aliphatic carbocycles. The highest BCUT2D eigenvalue weighted by molar-refractivity contribution is 7.99. The summed E-state index contributed by atoms with van der Waals surface area (Å²) >= 11 is 2.67. The summed E-state index contributed by atoms with van der Waals surface area (Å²) in [7, 11) is 1.60. The highest BCUT2D eigenvalue weighted by atomic mass is 32.2. The molecular formula is C22H20N6O2S2. The minimum absolute atomic E-state index is 0.0765. The Bertz CT molecular complexity index is 1350. The van der Waals surface area contributed by atoms with Crippen molar-refractivity contribution in [1.29, 1.82) is 5.26 Å². The van der Waals surface area contributed by atoms with Crippen molar-refractivity contribution in [3.05, 3.63) is 52.5 Å². The molecule has 0 saturated carbocycles. The summed E-state index contributed by atoms with van der Waals surface area (Å²) in [6, 6.07) is 11.5. The smallest absolute Gasteiger partial charge is 0.236 e. The number of hydrogen-bond acceptors (Lipinski definition) is 8. The van der Waals surface area contributed by atoms with Crippen molar-refractivity contribution in [2.45, 2.75) is 19.0 Å². The highest BCUT2D eigenvalue weighted by Gasteiger charge is 2.21. The lowest BCUT2D eigenvalue weighted by Crippen LogP contribution is -2.18. The van der Waals surface area contributed by atoms with Crippen molar-refractivity contribution in [3.8, 4) is 17.5 Å². The largest absolute Gasteiger partial charge is 0.497 e. The van der Waals surface area contributed by atoms with Crippen molar-refractivity contribution in [2.75, 3.05) is 23.9 Å². The van der Waals surface area contributed by atoms with Crippen LogP contribution in [0.2, 0.25) is 0 Å². The number of nitrogens with one attached hydrogen (secondary N) is 1. The number of methoxy groups -OCH3 is 1. The van der Waals surface area contributed by atoms with Gasteiger partial charge in [0.25, 0.3) is 0 Å². The normalized spacial score (nSPS) is 10.8. The van der Waals surface area contributed by atoms with Gasteiger partial charge in [-0.25, -0.2) is 9.97 Å². The highest BCUT2D eigenvalue weighted by Crippen LogP contribution is 2.31. The van der Waals surface area contributed by atoms with Crippen LogP contribution in [0.25, 0.3) is 15.9 Å². The van der Waals surface area contributed by atoms with Crippen LogP contribution in [0.4, 0.5) is 11.6 Å². The van der Waals surface area contributed by atoms with Crippen LogP contribution in [0.15, 0.2) is 40.9 Å². The summed E-state index contributed by atoms with van der Waals surface area (Å²) < 4.78 is 7.09. The van der Waals surface area contributed by atoms with Gasteiger partial charge in [-0.2, -0.15) is 5.26 Å². The molecule has 3 N–H and O–H groups in total. The Hall–Kier alpha value is -3.55. The van der Waals surface area contributed by atoms with Crippen molar-refractivity contribution >= 4 is 50.9 Å². The Morgan fingerprint density at radius 1 is 1.28 bits per heavy atom. The number of benzene rings is 1. The van der Waals surface area contributed by atoms with Gasteiger partial charge in [0.05, 0.1) is 23.8 Å². The third kappa shape index (κ3) is 4.00. The van der Waals surface area contributed by atoms with E-state index in [-0.39, 0.29) is 11.7 Å². The minimum Gasteiger partial charge on any atom is -0.497 e. The van der Waals surface area contributed by atoms with E-state index in [0.29, 0.717) is 22.4 Å². The van der Waals surface area contributed by atoms with E-state index >= 15 is 0 Å². The molecule has 0 unspecified atom stereocenters. The van der Waals surface area contributed by atoms with E-state index < -0.39 is 0 Å². The number of amides is 1. The van der Waals surface area contributed by atoms with Crippen LogP contribution in [-0.2, 0) is 4.79 Å². The van der Waals surface area contributed by atoms with Gasteiger partial charge in [-0.15, -0.1) is 11.3 Å². The Balaban J connectivity index is 1.59. The molecule has 0 bridgehead atoms. The Morgan fingerprint density at radius 3 is 2.72 bits per heavy atom. The van der Waals surface area contributed by atoms with Crippen LogP contribution in [0.5, 0.6) is 5.75 Å². The van der Waals surface area contributed by atoms with Gasteiger partial charge in [0, 0.05) is 11.4 Å². The van der Waals surface area contributed by atoms with Crippen LogP contribution in [-0.4, -0.2) is 33.3 Å². The number of carbonyl (C=O) groups is 1. The molecule has 8 nitrogen and oxygen atoms in total. The minimum atomic E-state index is -0.271. The number of nitrogen functional groups attached to an aromatic ring is 1. The van der Waals surface area contributed by atoms with E-state index in [4.69, 9.17) is 10.5 Å². The van der Waals surface area contributed by atoms with Crippen molar-refractivity contribution < 1.29 is 9.53 Å². The number of thioether (sulfide) groups is 1. The number of fused-ring (bicyclic) bond motifs is 1. The lowest BCUT2D eigenvalue weighted by atomic mass is 10.2. The molecule has 3 heterocycles. The van der Waals surface area contributed by atoms with Crippen LogP contribution in [0.3, 0.4) is 0 Å². The predicted molar refractivity (Wildman–Crippen MR) is 128 cm³/mol. The number of aromatic nitrogens is 3. The fourth-order valence-corrected chi connectivity index (χ4v) is 4.82. The van der Waals surface area contributed by atoms with Gasteiger partial charge in [-0.05, 0) is 55.1 Å². The van der Waals surface area contributed by atoms with Crippen LogP contribution < -0.4 is 15.8 Å². The second kappa shape index (κ2) is 8.90. The first kappa shape index (κ1) is 21.7. The average Bonchev–Trinajstić information content (AvgIpc) is 3.36. The number of anilines is 2. The summed E-state index contributed by atoms with van der Waals surface area (Å²) in [5.74, 6) is 1.36. The maximum atomic E-state index is 12.8. The average molecular weight is 465 g/mol. The molecule has 4 rings (SSSR count). The number of hydrogen-bond donors (Lipinski definition) is 2. The van der Waals surface area contributed by atoms with Crippen molar-refractivity contribution in [2.24, 2.45) is 0 Å². The lowest BCUT2D eigenvalue weighted by Gasteiger charge is -2.13. The van der Waals surface area contributed by atoms with Gasteiger partial charge < -0.3 is 15.8 Å². The van der Waals surface area contributed by atoms with Gasteiger partial charge >= 0.3 is 0 Å². The number of ether oxygens (including phenoxy) is 1. The van der Waals surface area contributed by atoms with Crippen LogP contribution in [0, 0.1) is 25.2 Å².